The molecule has 12 heavy (non-hydrogen) atoms. The molecule has 0 spiro atoms. The van der Waals surface area contributed by atoms with Crippen molar-refractivity contribution >= 4 is 11.9 Å². The van der Waals surface area contributed by atoms with E-state index in [9.17, 15) is 9.59 Å². The summed E-state index contributed by atoms with van der Waals surface area (Å²) in [6.45, 7) is 0. The molecule has 7 nitrogen and oxygen atoms in total. The van der Waals surface area contributed by atoms with E-state index in [1.54, 1.807) is 0 Å². The Kier molecular flexibility index (Phi) is 4.93. The van der Waals surface area contributed by atoms with E-state index in [1.165, 1.54) is 0 Å². The van der Waals surface area contributed by atoms with Gasteiger partial charge in [-0.25, -0.2) is 4.89 Å². The van der Waals surface area contributed by atoms with Gasteiger partial charge in [0.05, 0.1) is 13.5 Å². The van der Waals surface area contributed by atoms with Crippen LogP contribution in [0.1, 0.15) is 6.42 Å². The largest absolute Gasteiger partial charge is 0.481 e. The zero-order valence-electron chi connectivity index (χ0n) is 6.31. The smallest absolute Gasteiger partial charge is 0.323 e. The van der Waals surface area contributed by atoms with Gasteiger partial charge in [0.1, 0.15) is 6.04 Å². The number of carboxylic acids is 2. The van der Waals surface area contributed by atoms with E-state index in [1.807, 2.05) is 5.48 Å². The molecular weight excluding hydrogens is 170 g/mol. The number of nitrogens with one attached hydrogen (secondary N) is 1. The van der Waals surface area contributed by atoms with E-state index in [2.05, 4.69) is 9.88 Å². The number of aliphatic carboxylic acids is 2. The van der Waals surface area contributed by atoms with Crippen molar-refractivity contribution in [2.75, 3.05) is 7.11 Å². The minimum Gasteiger partial charge on any atom is -0.481 e. The second-order valence-electron chi connectivity index (χ2n) is 1.86. The summed E-state index contributed by atoms with van der Waals surface area (Å²) in [5.74, 6) is -2.57. The third kappa shape index (κ3) is 4.61. The first kappa shape index (κ1) is 10.8. The van der Waals surface area contributed by atoms with Crippen molar-refractivity contribution in [2.45, 2.75) is 12.5 Å². The van der Waals surface area contributed by atoms with Crippen LogP contribution >= 0.6 is 0 Å². The lowest BCUT2D eigenvalue weighted by molar-refractivity contribution is -0.322. The first-order valence-electron chi connectivity index (χ1n) is 2.97. The normalized spacial score (nSPS) is 12.4. The zero-order valence-corrected chi connectivity index (χ0v) is 6.31. The summed E-state index contributed by atoms with van der Waals surface area (Å²) in [6, 6.07) is -1.32. The number of hydrogen-bond acceptors (Lipinski definition) is 5. The summed E-state index contributed by atoms with van der Waals surface area (Å²) in [6.07, 6.45) is -0.585. The Balaban J connectivity index is 3.87. The summed E-state index contributed by atoms with van der Waals surface area (Å²) in [7, 11) is 1.16. The van der Waals surface area contributed by atoms with Gasteiger partial charge in [0, 0.05) is 0 Å². The predicted octanol–water partition coefficient (Wildman–Crippen LogP) is -1.00. The van der Waals surface area contributed by atoms with Crippen LogP contribution < -0.4 is 5.48 Å². The van der Waals surface area contributed by atoms with E-state index in [-0.39, 0.29) is 0 Å². The Morgan fingerprint density at radius 1 is 1.50 bits per heavy atom. The van der Waals surface area contributed by atoms with E-state index in [4.69, 9.17) is 10.2 Å². The Labute approximate surface area is 67.8 Å². The number of rotatable bonds is 6. The van der Waals surface area contributed by atoms with Gasteiger partial charge in [-0.05, 0) is 0 Å². The molecule has 3 N–H and O–H groups in total. The molecule has 0 radical (unpaired) electrons. The van der Waals surface area contributed by atoms with Crippen molar-refractivity contribution in [1.29, 1.82) is 0 Å². The molecular formula is C5H9NO6. The van der Waals surface area contributed by atoms with Crippen molar-refractivity contribution in [3.63, 3.8) is 0 Å². The Bertz CT molecular complexity index is 169. The minimum atomic E-state index is -1.32. The van der Waals surface area contributed by atoms with Crippen molar-refractivity contribution in [3.05, 3.63) is 0 Å². The summed E-state index contributed by atoms with van der Waals surface area (Å²) in [5, 5.41) is 16.6. The standard InChI is InChI=1S/C5H9NO6/c1-11-12-6-3(5(9)10)2-4(7)8/h3,6H,2H2,1H3,(H,7,8)(H,9,10). The summed E-state index contributed by atoms with van der Waals surface area (Å²) < 4.78 is 0. The average Bonchev–Trinajstić information content (AvgIpc) is 1.96. The van der Waals surface area contributed by atoms with Gasteiger partial charge in [-0.3, -0.25) is 9.59 Å². The number of hydroxylamine groups is 1. The van der Waals surface area contributed by atoms with Crippen molar-refractivity contribution < 1.29 is 29.7 Å². The highest BCUT2D eigenvalue weighted by Gasteiger charge is 2.20. The van der Waals surface area contributed by atoms with Crippen LogP contribution in [0.5, 0.6) is 0 Å². The zero-order chi connectivity index (χ0) is 9.56. The highest BCUT2D eigenvalue weighted by molar-refractivity contribution is 5.80. The van der Waals surface area contributed by atoms with Crippen LogP contribution in [-0.2, 0) is 19.5 Å². The SMILES string of the molecule is COONC(CC(=O)O)C(=O)O. The van der Waals surface area contributed by atoms with E-state index >= 15 is 0 Å². The lowest BCUT2D eigenvalue weighted by Gasteiger charge is -2.08. The van der Waals surface area contributed by atoms with Crippen LogP contribution in [-0.4, -0.2) is 35.3 Å². The highest BCUT2D eigenvalue weighted by atomic mass is 17.3. The molecule has 0 heterocycles. The summed E-state index contributed by atoms with van der Waals surface area (Å²) in [4.78, 5) is 28.5. The highest BCUT2D eigenvalue weighted by Crippen LogP contribution is 1.92. The van der Waals surface area contributed by atoms with E-state index in [0.717, 1.165) is 7.11 Å². The maximum Gasteiger partial charge on any atom is 0.323 e. The average molecular weight is 179 g/mol. The second-order valence-corrected chi connectivity index (χ2v) is 1.86. The fourth-order valence-corrected chi connectivity index (χ4v) is 0.460. The topological polar surface area (TPSA) is 105 Å². The van der Waals surface area contributed by atoms with Crippen LogP contribution in [0.25, 0.3) is 0 Å². The monoisotopic (exact) mass is 179 g/mol. The molecule has 0 aromatic rings. The minimum absolute atomic E-state index is 0.585. The van der Waals surface area contributed by atoms with Gasteiger partial charge in [-0.1, -0.05) is 0 Å². The van der Waals surface area contributed by atoms with Crippen molar-refractivity contribution in [1.82, 2.24) is 5.48 Å². The van der Waals surface area contributed by atoms with E-state index in [0.29, 0.717) is 0 Å². The molecule has 1 atom stereocenters. The molecule has 0 aliphatic heterocycles. The van der Waals surface area contributed by atoms with Crippen molar-refractivity contribution in [3.8, 4) is 0 Å². The first-order chi connectivity index (χ1) is 5.57. The molecule has 0 saturated carbocycles. The maximum absolute atomic E-state index is 10.3. The summed E-state index contributed by atoms with van der Waals surface area (Å²) >= 11 is 0. The lowest BCUT2D eigenvalue weighted by atomic mass is 10.2. The van der Waals surface area contributed by atoms with Gasteiger partial charge in [0.25, 0.3) is 0 Å². The van der Waals surface area contributed by atoms with Crippen LogP contribution in [0.4, 0.5) is 0 Å². The Hall–Kier alpha value is -1.18. The van der Waals surface area contributed by atoms with Gasteiger partial charge < -0.3 is 10.2 Å². The van der Waals surface area contributed by atoms with Gasteiger partial charge in [0.2, 0.25) is 0 Å². The molecule has 0 aliphatic carbocycles. The fourth-order valence-electron chi connectivity index (χ4n) is 0.460. The molecule has 0 aromatic carbocycles. The predicted molar refractivity (Wildman–Crippen MR) is 34.9 cm³/mol. The Morgan fingerprint density at radius 3 is 2.42 bits per heavy atom. The quantitative estimate of drug-likeness (QED) is 0.354. The van der Waals surface area contributed by atoms with Crippen molar-refractivity contribution in [2.24, 2.45) is 0 Å². The molecule has 0 bridgehead atoms. The van der Waals surface area contributed by atoms with Gasteiger partial charge >= 0.3 is 11.9 Å². The molecule has 0 saturated heterocycles. The third-order valence-electron chi connectivity index (χ3n) is 0.951. The van der Waals surface area contributed by atoms with Crippen LogP contribution in [0.3, 0.4) is 0 Å². The molecule has 0 aliphatic rings. The number of carbonyl (C=O) groups is 2. The number of carboxylic acid groups (broad SMARTS) is 2. The fraction of sp³-hybridized carbons (Fsp3) is 0.600. The first-order valence-corrected chi connectivity index (χ1v) is 2.97. The van der Waals surface area contributed by atoms with Gasteiger partial charge in [-0.2, -0.15) is 5.48 Å². The van der Waals surface area contributed by atoms with Gasteiger partial charge in [0.15, 0.2) is 0 Å². The lowest BCUT2D eigenvalue weighted by Crippen LogP contribution is -2.38. The van der Waals surface area contributed by atoms with Gasteiger partial charge in [-0.15, -0.1) is 4.99 Å². The molecule has 7 heteroatoms. The maximum atomic E-state index is 10.3. The summed E-state index contributed by atoms with van der Waals surface area (Å²) in [5.41, 5.74) is 1.90. The van der Waals surface area contributed by atoms with Crippen LogP contribution in [0.2, 0.25) is 0 Å². The Morgan fingerprint density at radius 2 is 2.08 bits per heavy atom. The molecule has 1 unspecified atom stereocenters. The molecule has 0 amide bonds. The molecule has 0 fully saturated rings. The second kappa shape index (κ2) is 5.47. The van der Waals surface area contributed by atoms with Crippen LogP contribution in [0.15, 0.2) is 0 Å². The van der Waals surface area contributed by atoms with E-state index < -0.39 is 24.4 Å². The molecule has 0 aromatic heterocycles. The number of hydrogen-bond donors (Lipinski definition) is 3. The third-order valence-corrected chi connectivity index (χ3v) is 0.951. The molecule has 0 rings (SSSR count). The molecule has 70 valence electrons. The van der Waals surface area contributed by atoms with Crippen LogP contribution in [0, 0.1) is 0 Å².